The molecule has 0 atom stereocenters. The van der Waals surface area contributed by atoms with Gasteiger partial charge in [0.2, 0.25) is 10.0 Å². The molecule has 0 bridgehead atoms. The molecule has 1 aliphatic carbocycles. The minimum absolute atomic E-state index is 0.0138. The summed E-state index contributed by atoms with van der Waals surface area (Å²) in [6.07, 6.45) is 1.66. The molecule has 3 rings (SSSR count). The fourth-order valence-electron chi connectivity index (χ4n) is 2.32. The zero-order chi connectivity index (χ0) is 18.8. The molecule has 140 valence electrons. The number of hydrogen-bond donors (Lipinski definition) is 2. The van der Waals surface area contributed by atoms with E-state index in [1.165, 1.54) is 24.3 Å². The summed E-state index contributed by atoms with van der Waals surface area (Å²) < 4.78 is 59.9. The normalized spacial score (nSPS) is 14.8. The minimum atomic E-state index is -3.87. The second-order valence-electron chi connectivity index (χ2n) is 5.90. The summed E-state index contributed by atoms with van der Waals surface area (Å²) in [5, 5.41) is 0. The van der Waals surface area contributed by atoms with Gasteiger partial charge < -0.3 is 4.74 Å². The van der Waals surface area contributed by atoms with Crippen molar-refractivity contribution in [1.29, 1.82) is 0 Å². The smallest absolute Gasteiger partial charge is 0.262 e. The molecule has 0 saturated heterocycles. The maximum Gasteiger partial charge on any atom is 0.262 e. The first-order chi connectivity index (χ1) is 12.3. The van der Waals surface area contributed by atoms with Crippen LogP contribution in [0.15, 0.2) is 58.3 Å². The Kier molecular flexibility index (Phi) is 5.22. The van der Waals surface area contributed by atoms with Gasteiger partial charge in [0.05, 0.1) is 22.1 Å². The average molecular weight is 396 g/mol. The van der Waals surface area contributed by atoms with Crippen LogP contribution in [0.4, 0.5) is 5.69 Å². The summed E-state index contributed by atoms with van der Waals surface area (Å²) in [6, 6.07) is 11.8. The van der Waals surface area contributed by atoms with Crippen LogP contribution in [0, 0.1) is 0 Å². The van der Waals surface area contributed by atoms with Gasteiger partial charge in [-0.3, -0.25) is 4.72 Å². The van der Waals surface area contributed by atoms with Gasteiger partial charge in [0, 0.05) is 6.04 Å². The summed E-state index contributed by atoms with van der Waals surface area (Å²) in [4.78, 5) is 0.00670. The standard InChI is InChI=1S/C17H20N2O5S2/c1-2-24-17-6-4-3-5-16(17)19-26(22,23)15-11-9-14(10-12-15)25(20,21)18-13-7-8-13/h3-6,9-13,18-19H,2,7-8H2,1H3. The van der Waals surface area contributed by atoms with Gasteiger partial charge in [-0.25, -0.2) is 21.6 Å². The fraction of sp³-hybridized carbons (Fsp3) is 0.294. The van der Waals surface area contributed by atoms with Gasteiger partial charge in [-0.05, 0) is 56.2 Å². The van der Waals surface area contributed by atoms with Gasteiger partial charge in [-0.1, -0.05) is 12.1 Å². The lowest BCUT2D eigenvalue weighted by Gasteiger charge is -2.13. The van der Waals surface area contributed by atoms with Gasteiger partial charge in [-0.15, -0.1) is 0 Å². The fourth-order valence-corrected chi connectivity index (χ4v) is 4.70. The van der Waals surface area contributed by atoms with E-state index in [2.05, 4.69) is 9.44 Å². The molecule has 0 aromatic heterocycles. The van der Waals surface area contributed by atoms with Gasteiger partial charge in [0.15, 0.2) is 0 Å². The highest BCUT2D eigenvalue weighted by Crippen LogP contribution is 2.27. The maximum atomic E-state index is 12.6. The largest absolute Gasteiger partial charge is 0.492 e. The predicted octanol–water partition coefficient (Wildman–Crippen LogP) is 2.33. The quantitative estimate of drug-likeness (QED) is 0.713. The monoisotopic (exact) mass is 396 g/mol. The minimum Gasteiger partial charge on any atom is -0.492 e. The molecule has 1 fully saturated rings. The van der Waals surface area contributed by atoms with Crippen molar-refractivity contribution >= 4 is 25.7 Å². The van der Waals surface area contributed by atoms with E-state index in [9.17, 15) is 16.8 Å². The molecule has 7 nitrogen and oxygen atoms in total. The third kappa shape index (κ3) is 4.35. The van der Waals surface area contributed by atoms with Crippen molar-refractivity contribution in [3.63, 3.8) is 0 Å². The first-order valence-corrected chi connectivity index (χ1v) is 11.2. The summed E-state index contributed by atoms with van der Waals surface area (Å²) >= 11 is 0. The lowest BCUT2D eigenvalue weighted by atomic mass is 10.3. The Morgan fingerprint density at radius 2 is 1.50 bits per heavy atom. The van der Waals surface area contributed by atoms with E-state index >= 15 is 0 Å². The Bertz CT molecular complexity index is 982. The van der Waals surface area contributed by atoms with Crippen LogP contribution in [0.2, 0.25) is 0 Å². The number of anilines is 1. The molecule has 0 spiro atoms. The zero-order valence-corrected chi connectivity index (χ0v) is 15.8. The summed E-state index contributed by atoms with van der Waals surface area (Å²) in [5.74, 6) is 0.423. The van der Waals surface area contributed by atoms with E-state index in [1.54, 1.807) is 31.2 Å². The molecule has 0 aliphatic heterocycles. The van der Waals surface area contributed by atoms with Crippen molar-refractivity contribution in [3.05, 3.63) is 48.5 Å². The van der Waals surface area contributed by atoms with E-state index in [0.29, 0.717) is 18.0 Å². The third-order valence-corrected chi connectivity index (χ3v) is 6.69. The van der Waals surface area contributed by atoms with Gasteiger partial charge in [0.1, 0.15) is 5.75 Å². The van der Waals surface area contributed by atoms with Crippen molar-refractivity contribution in [1.82, 2.24) is 4.72 Å². The van der Waals surface area contributed by atoms with Crippen molar-refractivity contribution in [3.8, 4) is 5.75 Å². The van der Waals surface area contributed by atoms with E-state index < -0.39 is 20.0 Å². The number of benzene rings is 2. The lowest BCUT2D eigenvalue weighted by molar-refractivity contribution is 0.342. The Morgan fingerprint density at radius 3 is 2.08 bits per heavy atom. The number of rotatable bonds is 8. The second kappa shape index (κ2) is 7.26. The molecule has 1 saturated carbocycles. The average Bonchev–Trinajstić information content (AvgIpc) is 3.40. The van der Waals surface area contributed by atoms with Crippen LogP contribution < -0.4 is 14.2 Å². The Labute approximate surface area is 153 Å². The molecular formula is C17H20N2O5S2. The van der Waals surface area contributed by atoms with Crippen molar-refractivity contribution in [2.24, 2.45) is 0 Å². The highest BCUT2D eigenvalue weighted by atomic mass is 32.2. The first kappa shape index (κ1) is 18.7. The first-order valence-electron chi connectivity index (χ1n) is 8.19. The van der Waals surface area contributed by atoms with Gasteiger partial charge in [-0.2, -0.15) is 0 Å². The molecule has 0 heterocycles. The molecule has 9 heteroatoms. The van der Waals surface area contributed by atoms with E-state index in [1.807, 2.05) is 0 Å². The molecule has 0 unspecified atom stereocenters. The van der Waals surface area contributed by atoms with Gasteiger partial charge in [0.25, 0.3) is 10.0 Å². The van der Waals surface area contributed by atoms with E-state index in [0.717, 1.165) is 12.8 Å². The summed E-state index contributed by atoms with van der Waals surface area (Å²) in [6.45, 7) is 2.21. The van der Waals surface area contributed by atoms with Crippen molar-refractivity contribution in [2.75, 3.05) is 11.3 Å². The van der Waals surface area contributed by atoms with Crippen LogP contribution in [0.5, 0.6) is 5.75 Å². The lowest BCUT2D eigenvalue weighted by Crippen LogP contribution is -2.25. The van der Waals surface area contributed by atoms with Gasteiger partial charge >= 0.3 is 0 Å². The SMILES string of the molecule is CCOc1ccccc1NS(=O)(=O)c1ccc(S(=O)(=O)NC2CC2)cc1. The molecule has 0 radical (unpaired) electrons. The predicted molar refractivity (Wildman–Crippen MR) is 98.2 cm³/mol. The highest BCUT2D eigenvalue weighted by molar-refractivity contribution is 7.92. The summed E-state index contributed by atoms with van der Waals surface area (Å²) in [5.41, 5.74) is 0.321. The molecular weight excluding hydrogens is 376 g/mol. The third-order valence-electron chi connectivity index (χ3n) is 3.77. The molecule has 1 aliphatic rings. The number of nitrogens with one attached hydrogen (secondary N) is 2. The molecule has 2 N–H and O–H groups in total. The van der Waals surface area contributed by atoms with Crippen molar-refractivity contribution in [2.45, 2.75) is 35.6 Å². The Morgan fingerprint density at radius 1 is 0.923 bits per heavy atom. The zero-order valence-electron chi connectivity index (χ0n) is 14.2. The van der Waals surface area contributed by atoms with Crippen LogP contribution in [0.25, 0.3) is 0 Å². The Hall–Kier alpha value is -2.10. The molecule has 0 amide bonds. The number of ether oxygens (including phenoxy) is 1. The topological polar surface area (TPSA) is 102 Å². The van der Waals surface area contributed by atoms with Crippen LogP contribution in [-0.2, 0) is 20.0 Å². The number of sulfonamides is 2. The summed E-state index contributed by atoms with van der Waals surface area (Å²) in [7, 11) is -7.49. The van der Waals surface area contributed by atoms with Crippen molar-refractivity contribution < 1.29 is 21.6 Å². The molecule has 26 heavy (non-hydrogen) atoms. The number of hydrogen-bond acceptors (Lipinski definition) is 5. The number of para-hydroxylation sites is 2. The van der Waals surface area contributed by atoms with E-state index in [-0.39, 0.29) is 15.8 Å². The van der Waals surface area contributed by atoms with Crippen LogP contribution in [0.1, 0.15) is 19.8 Å². The Balaban J connectivity index is 1.82. The second-order valence-corrected chi connectivity index (χ2v) is 9.30. The van der Waals surface area contributed by atoms with Crippen LogP contribution >= 0.6 is 0 Å². The van der Waals surface area contributed by atoms with E-state index in [4.69, 9.17) is 4.74 Å². The maximum absolute atomic E-state index is 12.6. The highest BCUT2D eigenvalue weighted by Gasteiger charge is 2.28. The molecule has 2 aromatic carbocycles. The van der Waals surface area contributed by atoms with Crippen LogP contribution in [0.3, 0.4) is 0 Å². The molecule has 2 aromatic rings. The van der Waals surface area contributed by atoms with Crippen LogP contribution in [-0.4, -0.2) is 29.5 Å².